The smallest absolute Gasteiger partial charge is 0.320 e. The number of aliphatic hydroxyl groups excluding tert-OH is 1. The van der Waals surface area contributed by atoms with Crippen LogP contribution in [0.1, 0.15) is 71.6 Å². The quantitative estimate of drug-likeness (QED) is 0.191. The SMILES string of the molecule is C=CCOC(=O)CC[C@@H]1C2N/C(=C\c3[nH]c(c(C=C)c3C)/C=c3\[nH]/c(c(CC)c3C)=C\c3[nH]c4c(c3C)=C(O)[C@H](C(=O)OC)C=42)[C@H]1C. The third-order valence-corrected chi connectivity index (χ3v) is 10.4. The summed E-state index contributed by atoms with van der Waals surface area (Å²) < 4.78 is 10.6. The molecule has 0 radical (unpaired) electrons. The Kier molecular flexibility index (Phi) is 8.42. The van der Waals surface area contributed by atoms with Crippen LogP contribution in [-0.2, 0) is 25.5 Å². The summed E-state index contributed by atoms with van der Waals surface area (Å²) >= 11 is 0. The van der Waals surface area contributed by atoms with E-state index < -0.39 is 11.9 Å². The molecule has 4 atom stereocenters. The van der Waals surface area contributed by atoms with E-state index in [2.05, 4.69) is 79.3 Å². The number of hydrogen-bond donors (Lipinski definition) is 5. The minimum Gasteiger partial charge on any atom is -0.510 e. The molecule has 1 unspecified atom stereocenters. The number of fused-ring (bicyclic) bond motifs is 8. The summed E-state index contributed by atoms with van der Waals surface area (Å²) in [5, 5.41) is 18.8. The van der Waals surface area contributed by atoms with Crippen LogP contribution in [-0.4, -0.2) is 51.8 Å². The van der Waals surface area contributed by atoms with Crippen molar-refractivity contribution in [3.05, 3.63) is 91.1 Å². The Hall–Kier alpha value is -4.92. The maximum absolute atomic E-state index is 13.4. The Morgan fingerprint density at radius 1 is 0.979 bits per heavy atom. The van der Waals surface area contributed by atoms with Gasteiger partial charge in [-0.25, -0.2) is 0 Å². The third-order valence-electron chi connectivity index (χ3n) is 10.4. The first kappa shape index (κ1) is 32.0. The molecular formula is C38H44N4O5. The van der Waals surface area contributed by atoms with Gasteiger partial charge in [-0.15, -0.1) is 0 Å². The molecule has 9 heteroatoms. The molecule has 9 nitrogen and oxygen atoms in total. The molecule has 5 heterocycles. The van der Waals surface area contributed by atoms with Crippen LogP contribution in [0.5, 0.6) is 0 Å². The van der Waals surface area contributed by atoms with Gasteiger partial charge in [0.25, 0.3) is 0 Å². The molecule has 2 aliphatic heterocycles. The van der Waals surface area contributed by atoms with E-state index in [1.54, 1.807) is 6.08 Å². The summed E-state index contributed by atoms with van der Waals surface area (Å²) in [5.74, 6) is -1.99. The van der Waals surface area contributed by atoms with E-state index in [1.165, 1.54) is 18.2 Å². The highest BCUT2D eigenvalue weighted by Crippen LogP contribution is 2.42. The topological polar surface area (TPSA) is 132 Å². The molecule has 47 heavy (non-hydrogen) atoms. The van der Waals surface area contributed by atoms with Crippen molar-refractivity contribution in [3.63, 3.8) is 0 Å². The highest BCUT2D eigenvalue weighted by molar-refractivity contribution is 5.95. The first-order chi connectivity index (χ1) is 22.5. The number of methoxy groups -OCH3 is 1. The highest BCUT2D eigenvalue weighted by atomic mass is 16.5. The van der Waals surface area contributed by atoms with Gasteiger partial charge in [0.15, 0.2) is 0 Å². The molecule has 3 aliphatic rings. The highest BCUT2D eigenvalue weighted by Gasteiger charge is 2.46. The third kappa shape index (κ3) is 5.18. The van der Waals surface area contributed by atoms with Gasteiger partial charge in [-0.2, -0.15) is 0 Å². The van der Waals surface area contributed by atoms with Gasteiger partial charge in [0, 0.05) is 56.6 Å². The van der Waals surface area contributed by atoms with Crippen molar-refractivity contribution in [2.75, 3.05) is 13.7 Å². The van der Waals surface area contributed by atoms with E-state index >= 15 is 0 Å². The number of H-pyrrole nitrogens is 3. The molecule has 1 aliphatic carbocycles. The van der Waals surface area contributed by atoms with Crippen LogP contribution in [0.2, 0.25) is 0 Å². The van der Waals surface area contributed by atoms with E-state index in [-0.39, 0.29) is 42.6 Å². The van der Waals surface area contributed by atoms with Crippen LogP contribution in [0.3, 0.4) is 0 Å². The van der Waals surface area contributed by atoms with Crippen molar-refractivity contribution in [3.8, 4) is 0 Å². The fourth-order valence-electron chi connectivity index (χ4n) is 7.79. The van der Waals surface area contributed by atoms with Crippen LogP contribution in [0, 0.1) is 38.5 Å². The van der Waals surface area contributed by atoms with Gasteiger partial charge in [-0.3, -0.25) is 9.59 Å². The van der Waals surface area contributed by atoms with E-state index in [1.807, 2.05) is 13.0 Å². The second-order valence-corrected chi connectivity index (χ2v) is 12.8. The Labute approximate surface area is 274 Å². The number of aromatic nitrogens is 3. The molecular weight excluding hydrogens is 592 g/mol. The predicted octanol–water partition coefficient (Wildman–Crippen LogP) is 3.17. The molecule has 246 valence electrons. The fraction of sp³-hybridized carbons (Fsp3) is 0.368. The van der Waals surface area contributed by atoms with E-state index in [9.17, 15) is 14.7 Å². The van der Waals surface area contributed by atoms with Crippen molar-refractivity contribution < 1.29 is 24.2 Å². The molecule has 3 aromatic heterocycles. The number of rotatable bonds is 8. The molecule has 3 aromatic rings. The summed E-state index contributed by atoms with van der Waals surface area (Å²) in [4.78, 5) is 37.0. The van der Waals surface area contributed by atoms with Crippen molar-refractivity contribution >= 4 is 47.6 Å². The second-order valence-electron chi connectivity index (χ2n) is 12.8. The first-order valence-electron chi connectivity index (χ1n) is 16.3. The summed E-state index contributed by atoms with van der Waals surface area (Å²) in [6.45, 7) is 18.4. The lowest BCUT2D eigenvalue weighted by Crippen LogP contribution is -2.38. The van der Waals surface area contributed by atoms with Crippen molar-refractivity contribution in [1.29, 1.82) is 0 Å². The average molecular weight is 637 g/mol. The standard InChI is InChI=1S/C38H44N4O5/c1-9-14-47-31(43)13-12-24-20(6)27-15-25-18(4)22(10-2)29(39-25)16-26-19(5)23(11-3)30(40-26)17-28-21(7)32-36(42-28)33(35(24)41-27)34(37(32)44)38(45)46-8/h9-10,15-17,20,24,34-35,39-42,44H,1-2,11-14H2,3-8H3/b26-16-,27-15-,30-17-/t20-,24-,34+,35?/m0/s1. The summed E-state index contributed by atoms with van der Waals surface area (Å²) in [7, 11) is 1.34. The average Bonchev–Trinajstić information content (AvgIpc) is 3.79. The van der Waals surface area contributed by atoms with Gasteiger partial charge < -0.3 is 34.8 Å². The zero-order valence-electron chi connectivity index (χ0n) is 28.0. The number of aliphatic hydroxyl groups is 1. The van der Waals surface area contributed by atoms with Crippen LogP contribution < -0.4 is 26.6 Å². The Morgan fingerprint density at radius 3 is 2.38 bits per heavy atom. The molecule has 1 fully saturated rings. The number of hydrogen-bond acceptors (Lipinski definition) is 6. The molecule has 0 aromatic carbocycles. The van der Waals surface area contributed by atoms with Gasteiger partial charge in [0.05, 0.1) is 18.5 Å². The minimum atomic E-state index is -0.988. The lowest BCUT2D eigenvalue weighted by molar-refractivity contribution is -0.143. The molecule has 8 bridgehead atoms. The van der Waals surface area contributed by atoms with Crippen molar-refractivity contribution in [2.24, 2.45) is 17.8 Å². The van der Waals surface area contributed by atoms with Crippen LogP contribution in [0.4, 0.5) is 0 Å². The molecule has 0 saturated carbocycles. The van der Waals surface area contributed by atoms with Gasteiger partial charge in [0.2, 0.25) is 0 Å². The maximum atomic E-state index is 13.4. The lowest BCUT2D eigenvalue weighted by atomic mass is 9.80. The number of allylic oxidation sites excluding steroid dienone is 1. The molecule has 5 N–H and O–H groups in total. The Balaban J connectivity index is 1.67. The molecule has 0 spiro atoms. The zero-order valence-corrected chi connectivity index (χ0v) is 28.0. The van der Waals surface area contributed by atoms with Gasteiger partial charge in [-0.05, 0) is 85.6 Å². The number of esters is 2. The maximum Gasteiger partial charge on any atom is 0.320 e. The van der Waals surface area contributed by atoms with Crippen molar-refractivity contribution in [2.45, 2.75) is 59.9 Å². The number of carbonyl (C=O) groups excluding carboxylic acids is 2. The Morgan fingerprint density at radius 2 is 1.70 bits per heavy atom. The fourth-order valence-corrected chi connectivity index (χ4v) is 7.79. The number of ether oxygens (including phenoxy) is 2. The van der Waals surface area contributed by atoms with E-state index in [0.717, 1.165) is 56.6 Å². The second kappa shape index (κ2) is 12.4. The van der Waals surface area contributed by atoms with E-state index in [4.69, 9.17) is 9.47 Å². The minimum absolute atomic E-state index is 0.0239. The number of carbonyl (C=O) groups is 2. The van der Waals surface area contributed by atoms with Crippen molar-refractivity contribution in [1.82, 2.24) is 20.3 Å². The van der Waals surface area contributed by atoms with Gasteiger partial charge >= 0.3 is 11.9 Å². The molecule has 6 rings (SSSR count). The van der Waals surface area contributed by atoms with Crippen LogP contribution in [0.25, 0.3) is 35.6 Å². The predicted molar refractivity (Wildman–Crippen MR) is 185 cm³/mol. The number of aromatic amines is 3. The monoisotopic (exact) mass is 636 g/mol. The Bertz CT molecular complexity index is 2100. The number of nitrogens with one attached hydrogen (secondary N) is 4. The lowest BCUT2D eigenvalue weighted by Gasteiger charge is -2.26. The first-order valence-corrected chi connectivity index (χ1v) is 16.3. The molecule has 0 amide bonds. The normalized spacial score (nSPS) is 23.6. The molecule has 1 saturated heterocycles. The van der Waals surface area contributed by atoms with Crippen LogP contribution >= 0.6 is 0 Å². The summed E-state index contributed by atoms with van der Waals surface area (Å²) in [5.41, 5.74) is 9.70. The van der Waals surface area contributed by atoms with Gasteiger partial charge in [0.1, 0.15) is 18.3 Å². The largest absolute Gasteiger partial charge is 0.510 e. The summed E-state index contributed by atoms with van der Waals surface area (Å²) in [6, 6.07) is -0.388. The summed E-state index contributed by atoms with van der Waals surface area (Å²) in [6.07, 6.45) is 11.3. The van der Waals surface area contributed by atoms with Crippen LogP contribution in [0.15, 0.2) is 24.9 Å². The van der Waals surface area contributed by atoms with E-state index in [0.29, 0.717) is 22.6 Å². The van der Waals surface area contributed by atoms with Gasteiger partial charge in [-0.1, -0.05) is 39.2 Å². The zero-order chi connectivity index (χ0) is 33.7.